The fraction of sp³-hybridized carbons (Fsp3) is 0.212. The number of hydrogen-bond acceptors (Lipinski definition) is 4. The van der Waals surface area contributed by atoms with Crippen molar-refractivity contribution in [2.24, 2.45) is 5.92 Å². The molecule has 1 saturated heterocycles. The molecule has 38 heavy (non-hydrogen) atoms. The van der Waals surface area contributed by atoms with E-state index in [9.17, 15) is 9.59 Å². The number of likely N-dealkylation sites (tertiary alicyclic amines) is 1. The van der Waals surface area contributed by atoms with Gasteiger partial charge in [-0.3, -0.25) is 19.4 Å². The van der Waals surface area contributed by atoms with Gasteiger partial charge >= 0.3 is 5.97 Å². The summed E-state index contributed by atoms with van der Waals surface area (Å²) in [6.07, 6.45) is 0.862. The maximum atomic E-state index is 14.0. The third-order valence-corrected chi connectivity index (χ3v) is 7.04. The van der Waals surface area contributed by atoms with Crippen LogP contribution in [0.25, 0.3) is 0 Å². The number of amides is 1. The predicted octanol–water partition coefficient (Wildman–Crippen LogP) is 6.32. The lowest BCUT2D eigenvalue weighted by Gasteiger charge is -2.44. The summed E-state index contributed by atoms with van der Waals surface area (Å²) in [5.41, 5.74) is 3.55. The van der Waals surface area contributed by atoms with Crippen molar-refractivity contribution < 1.29 is 14.3 Å². The number of anilines is 1. The molecule has 5 nitrogen and oxygen atoms in total. The molecule has 5 heteroatoms. The second kappa shape index (κ2) is 12.3. The molecule has 4 aromatic carbocycles. The number of hydrogen-bond donors (Lipinski definition) is 0. The Morgan fingerprint density at radius 3 is 1.92 bits per heavy atom. The number of piperidine rings is 1. The van der Waals surface area contributed by atoms with E-state index >= 15 is 0 Å². The number of benzene rings is 4. The minimum absolute atomic E-state index is 0.0850. The molecular formula is C33H32N2O3. The van der Waals surface area contributed by atoms with Crippen molar-refractivity contribution in [2.45, 2.75) is 32.2 Å². The molecule has 1 aliphatic heterocycles. The Morgan fingerprint density at radius 1 is 0.737 bits per heavy atom. The Hall–Kier alpha value is -4.22. The monoisotopic (exact) mass is 504 g/mol. The molecule has 0 saturated carbocycles. The summed E-state index contributed by atoms with van der Waals surface area (Å²) in [7, 11) is 0. The number of carbonyl (C=O) groups is 2. The smallest absolute Gasteiger partial charge is 0.309 e. The van der Waals surface area contributed by atoms with Crippen molar-refractivity contribution in [1.29, 1.82) is 0 Å². The molecule has 1 aliphatic rings. The van der Waals surface area contributed by atoms with E-state index in [2.05, 4.69) is 17.0 Å². The highest BCUT2D eigenvalue weighted by molar-refractivity contribution is 6.06. The quantitative estimate of drug-likeness (QED) is 0.264. The zero-order valence-corrected chi connectivity index (χ0v) is 21.4. The SMILES string of the molecule is O=C(OCc1ccccc1)C1CCN(Cc2ccccc2)C(N(C(=O)c2ccccc2)c2ccccc2)C1. The zero-order chi connectivity index (χ0) is 26.2. The van der Waals surface area contributed by atoms with Crippen molar-refractivity contribution >= 4 is 17.6 Å². The number of para-hydroxylation sites is 1. The van der Waals surface area contributed by atoms with E-state index in [1.165, 1.54) is 5.56 Å². The van der Waals surface area contributed by atoms with Gasteiger partial charge in [-0.05, 0) is 48.2 Å². The lowest BCUT2D eigenvalue weighted by molar-refractivity contribution is -0.152. The minimum Gasteiger partial charge on any atom is -0.461 e. The van der Waals surface area contributed by atoms with Crippen molar-refractivity contribution in [3.8, 4) is 0 Å². The molecule has 2 atom stereocenters. The van der Waals surface area contributed by atoms with Gasteiger partial charge in [0.15, 0.2) is 0 Å². The molecule has 1 amide bonds. The fourth-order valence-corrected chi connectivity index (χ4v) is 5.06. The molecule has 0 aliphatic carbocycles. The molecule has 0 spiro atoms. The maximum absolute atomic E-state index is 14.0. The van der Waals surface area contributed by atoms with Crippen LogP contribution in [0.5, 0.6) is 0 Å². The molecule has 0 N–H and O–H groups in total. The van der Waals surface area contributed by atoms with Crippen LogP contribution in [0.4, 0.5) is 5.69 Å². The van der Waals surface area contributed by atoms with Crippen LogP contribution in [-0.4, -0.2) is 29.5 Å². The molecule has 2 unspecified atom stereocenters. The summed E-state index contributed by atoms with van der Waals surface area (Å²) in [6, 6.07) is 39.1. The van der Waals surface area contributed by atoms with Crippen molar-refractivity contribution in [3.63, 3.8) is 0 Å². The first-order valence-electron chi connectivity index (χ1n) is 13.1. The third kappa shape index (κ3) is 6.18. The van der Waals surface area contributed by atoms with Gasteiger partial charge in [-0.2, -0.15) is 0 Å². The molecule has 0 bridgehead atoms. The second-order valence-corrected chi connectivity index (χ2v) is 9.63. The zero-order valence-electron chi connectivity index (χ0n) is 21.4. The Kier molecular flexibility index (Phi) is 8.26. The summed E-state index contributed by atoms with van der Waals surface area (Å²) in [6.45, 7) is 1.61. The number of esters is 1. The lowest BCUT2D eigenvalue weighted by atomic mass is 9.92. The van der Waals surface area contributed by atoms with Crippen LogP contribution < -0.4 is 4.90 Å². The number of ether oxygens (including phenoxy) is 1. The highest BCUT2D eigenvalue weighted by Crippen LogP contribution is 2.32. The van der Waals surface area contributed by atoms with Crippen LogP contribution in [0.3, 0.4) is 0 Å². The number of nitrogens with zero attached hydrogens (tertiary/aromatic N) is 2. The molecule has 192 valence electrons. The topological polar surface area (TPSA) is 49.9 Å². The molecular weight excluding hydrogens is 472 g/mol. The van der Waals surface area contributed by atoms with Gasteiger partial charge in [0.2, 0.25) is 0 Å². The molecule has 0 radical (unpaired) electrons. The van der Waals surface area contributed by atoms with Crippen LogP contribution in [0.15, 0.2) is 121 Å². The standard InChI is InChI=1S/C33H32N2O3/c36-32(28-17-9-3-10-18-28)35(30-19-11-4-12-20-30)31-23-29(33(37)38-25-27-15-7-2-8-16-27)21-22-34(31)24-26-13-5-1-6-14-26/h1-20,29,31H,21-25H2. The largest absolute Gasteiger partial charge is 0.461 e. The van der Waals surface area contributed by atoms with Crippen molar-refractivity contribution in [2.75, 3.05) is 11.4 Å². The predicted molar refractivity (Wildman–Crippen MR) is 149 cm³/mol. The summed E-state index contributed by atoms with van der Waals surface area (Å²) in [5.74, 6) is -0.595. The van der Waals surface area contributed by atoms with Crippen molar-refractivity contribution in [3.05, 3.63) is 138 Å². The van der Waals surface area contributed by atoms with Crippen LogP contribution in [0.2, 0.25) is 0 Å². The van der Waals surface area contributed by atoms with Gasteiger partial charge in [0.05, 0.1) is 12.1 Å². The van der Waals surface area contributed by atoms with Gasteiger partial charge in [0.25, 0.3) is 5.91 Å². The highest BCUT2D eigenvalue weighted by atomic mass is 16.5. The Morgan fingerprint density at radius 2 is 1.29 bits per heavy atom. The first-order chi connectivity index (χ1) is 18.7. The van der Waals surface area contributed by atoms with Gasteiger partial charge < -0.3 is 4.74 Å². The molecule has 0 aromatic heterocycles. The van der Waals surface area contributed by atoms with E-state index in [1.807, 2.05) is 114 Å². The normalized spacial score (nSPS) is 17.5. The minimum atomic E-state index is -0.312. The average Bonchev–Trinajstić information content (AvgIpc) is 2.99. The van der Waals surface area contributed by atoms with E-state index in [1.54, 1.807) is 0 Å². The van der Waals surface area contributed by atoms with E-state index < -0.39 is 0 Å². The Labute approximate surface area is 224 Å². The van der Waals surface area contributed by atoms with E-state index in [-0.39, 0.29) is 30.6 Å². The average molecular weight is 505 g/mol. The lowest BCUT2D eigenvalue weighted by Crippen LogP contribution is -2.55. The number of carbonyl (C=O) groups excluding carboxylic acids is 2. The summed E-state index contributed by atoms with van der Waals surface area (Å²) < 4.78 is 5.74. The van der Waals surface area contributed by atoms with Crippen LogP contribution in [-0.2, 0) is 22.7 Å². The van der Waals surface area contributed by atoms with Gasteiger partial charge in [0, 0.05) is 24.3 Å². The molecule has 1 fully saturated rings. The van der Waals surface area contributed by atoms with Crippen LogP contribution in [0.1, 0.15) is 34.3 Å². The molecule has 4 aromatic rings. The first-order valence-corrected chi connectivity index (χ1v) is 13.1. The highest BCUT2D eigenvalue weighted by Gasteiger charge is 2.39. The second-order valence-electron chi connectivity index (χ2n) is 9.63. The molecule has 5 rings (SSSR count). The van der Waals surface area contributed by atoms with Gasteiger partial charge in [-0.1, -0.05) is 97.1 Å². The Bertz CT molecular complexity index is 1310. The third-order valence-electron chi connectivity index (χ3n) is 7.04. The van der Waals surface area contributed by atoms with E-state index in [0.29, 0.717) is 31.5 Å². The van der Waals surface area contributed by atoms with Crippen molar-refractivity contribution in [1.82, 2.24) is 4.90 Å². The van der Waals surface area contributed by atoms with Crippen LogP contribution in [0, 0.1) is 5.92 Å². The van der Waals surface area contributed by atoms with E-state index in [0.717, 1.165) is 11.3 Å². The van der Waals surface area contributed by atoms with Crippen LogP contribution >= 0.6 is 0 Å². The maximum Gasteiger partial charge on any atom is 0.309 e. The van der Waals surface area contributed by atoms with E-state index in [4.69, 9.17) is 4.74 Å². The summed E-state index contributed by atoms with van der Waals surface area (Å²) in [4.78, 5) is 31.4. The van der Waals surface area contributed by atoms with Gasteiger partial charge in [0.1, 0.15) is 6.61 Å². The molecule has 1 heterocycles. The van der Waals surface area contributed by atoms with Gasteiger partial charge in [-0.25, -0.2) is 0 Å². The number of rotatable bonds is 8. The first kappa shape index (κ1) is 25.4. The summed E-state index contributed by atoms with van der Waals surface area (Å²) in [5, 5.41) is 0. The summed E-state index contributed by atoms with van der Waals surface area (Å²) >= 11 is 0. The fourth-order valence-electron chi connectivity index (χ4n) is 5.06. The Balaban J connectivity index is 1.44. The van der Waals surface area contributed by atoms with Gasteiger partial charge in [-0.15, -0.1) is 0 Å².